The first-order chi connectivity index (χ1) is 9.43. The molecule has 2 rings (SSSR count). The molecule has 1 aromatic carbocycles. The van der Waals surface area contributed by atoms with Crippen molar-refractivity contribution < 1.29 is 13.2 Å². The first-order valence-corrected chi connectivity index (χ1v) is 6.98. The quantitative estimate of drug-likeness (QED) is 0.913. The summed E-state index contributed by atoms with van der Waals surface area (Å²) in [7, 11) is 1.91. The molecule has 0 spiro atoms. The van der Waals surface area contributed by atoms with Crippen LogP contribution in [0.15, 0.2) is 24.3 Å². The van der Waals surface area contributed by atoms with Gasteiger partial charge in [0.15, 0.2) is 0 Å². The molecule has 0 aromatic heterocycles. The first kappa shape index (κ1) is 15.3. The lowest BCUT2D eigenvalue weighted by Crippen LogP contribution is -2.28. The molecule has 0 radical (unpaired) electrons. The van der Waals surface area contributed by atoms with Crippen LogP contribution in [0.4, 0.5) is 13.2 Å². The highest BCUT2D eigenvalue weighted by atomic mass is 19.4. The maximum atomic E-state index is 13.1. The third kappa shape index (κ3) is 3.33. The van der Waals surface area contributed by atoms with E-state index in [1.54, 1.807) is 12.1 Å². The smallest absolute Gasteiger partial charge is 0.319 e. The topological polar surface area (TPSA) is 15.3 Å². The molecule has 1 aliphatic rings. The van der Waals surface area contributed by atoms with Crippen LogP contribution in [0.1, 0.15) is 30.5 Å². The van der Waals surface area contributed by atoms with Gasteiger partial charge in [-0.05, 0) is 51.0 Å². The van der Waals surface area contributed by atoms with Gasteiger partial charge in [-0.25, -0.2) is 0 Å². The molecule has 5 heteroatoms. The Bertz CT molecular complexity index is 445. The summed E-state index contributed by atoms with van der Waals surface area (Å²) in [4.78, 5) is 2.15. The fraction of sp³-hybridized carbons (Fsp3) is 0.600. The zero-order chi connectivity index (χ0) is 14.8. The summed E-state index contributed by atoms with van der Waals surface area (Å²) in [5.41, 5.74) is -0.130. The van der Waals surface area contributed by atoms with E-state index in [1.165, 1.54) is 12.1 Å². The molecule has 112 valence electrons. The highest BCUT2D eigenvalue weighted by molar-refractivity contribution is 5.32. The van der Waals surface area contributed by atoms with Crippen molar-refractivity contribution in [3.05, 3.63) is 35.4 Å². The third-order valence-electron chi connectivity index (χ3n) is 4.07. The SMILES string of the molecule is CNCC1CCN(C(C)c2ccccc2C(F)(F)F)C1. The van der Waals surface area contributed by atoms with Crippen molar-refractivity contribution in [2.24, 2.45) is 5.92 Å². The summed E-state index contributed by atoms with van der Waals surface area (Å²) >= 11 is 0. The Morgan fingerprint density at radius 2 is 2.05 bits per heavy atom. The van der Waals surface area contributed by atoms with Crippen molar-refractivity contribution in [1.29, 1.82) is 0 Å². The van der Waals surface area contributed by atoms with Gasteiger partial charge < -0.3 is 5.32 Å². The molecular weight excluding hydrogens is 265 g/mol. The highest BCUT2D eigenvalue weighted by Gasteiger charge is 2.36. The lowest BCUT2D eigenvalue weighted by atomic mass is 10.00. The number of hydrogen-bond acceptors (Lipinski definition) is 2. The normalized spacial score (nSPS) is 22.1. The number of alkyl halides is 3. The Hall–Kier alpha value is -1.07. The predicted octanol–water partition coefficient (Wildman–Crippen LogP) is 3.31. The van der Waals surface area contributed by atoms with Crippen LogP contribution in [-0.2, 0) is 6.18 Å². The van der Waals surface area contributed by atoms with E-state index in [9.17, 15) is 13.2 Å². The molecule has 1 fully saturated rings. The highest BCUT2D eigenvalue weighted by Crippen LogP contribution is 2.37. The van der Waals surface area contributed by atoms with Crippen molar-refractivity contribution in [3.63, 3.8) is 0 Å². The Balaban J connectivity index is 2.16. The lowest BCUT2D eigenvalue weighted by molar-refractivity contribution is -0.138. The lowest BCUT2D eigenvalue weighted by Gasteiger charge is -2.27. The third-order valence-corrected chi connectivity index (χ3v) is 4.07. The number of likely N-dealkylation sites (tertiary alicyclic amines) is 1. The van der Waals surface area contributed by atoms with E-state index in [0.29, 0.717) is 11.5 Å². The Kier molecular flexibility index (Phi) is 4.70. The molecule has 1 N–H and O–H groups in total. The zero-order valence-corrected chi connectivity index (χ0v) is 11.9. The number of benzene rings is 1. The Morgan fingerprint density at radius 3 is 2.70 bits per heavy atom. The number of rotatable bonds is 4. The van der Waals surface area contributed by atoms with Crippen LogP contribution in [0.25, 0.3) is 0 Å². The molecule has 0 bridgehead atoms. The molecule has 2 nitrogen and oxygen atoms in total. The van der Waals surface area contributed by atoms with E-state index < -0.39 is 11.7 Å². The van der Waals surface area contributed by atoms with Gasteiger partial charge in [-0.15, -0.1) is 0 Å². The summed E-state index contributed by atoms with van der Waals surface area (Å²) in [6.07, 6.45) is -3.24. The van der Waals surface area contributed by atoms with Crippen molar-refractivity contribution in [3.8, 4) is 0 Å². The minimum atomic E-state index is -4.28. The molecule has 1 saturated heterocycles. The Labute approximate surface area is 118 Å². The molecular formula is C15H21F3N2. The van der Waals surface area contributed by atoms with Crippen LogP contribution in [0, 0.1) is 5.92 Å². The van der Waals surface area contributed by atoms with Gasteiger partial charge in [0.05, 0.1) is 5.56 Å². The maximum absolute atomic E-state index is 13.1. The fourth-order valence-corrected chi connectivity index (χ4v) is 2.99. The van der Waals surface area contributed by atoms with Crippen LogP contribution in [-0.4, -0.2) is 31.6 Å². The van der Waals surface area contributed by atoms with Crippen molar-refractivity contribution >= 4 is 0 Å². The molecule has 0 amide bonds. The number of halogens is 3. The standard InChI is InChI=1S/C15H21F3N2/c1-11(20-8-7-12(10-20)9-19-2)13-5-3-4-6-14(13)15(16,17)18/h3-6,11-12,19H,7-10H2,1-2H3. The minimum absolute atomic E-state index is 0.199. The molecule has 1 aromatic rings. The summed E-state index contributed by atoms with van der Waals surface area (Å²) in [5.74, 6) is 0.528. The van der Waals surface area contributed by atoms with Gasteiger partial charge in [-0.1, -0.05) is 18.2 Å². The van der Waals surface area contributed by atoms with E-state index in [0.717, 1.165) is 26.1 Å². The molecule has 1 aliphatic heterocycles. The Morgan fingerprint density at radius 1 is 1.35 bits per heavy atom. The van der Waals surface area contributed by atoms with Crippen molar-refractivity contribution in [2.75, 3.05) is 26.7 Å². The first-order valence-electron chi connectivity index (χ1n) is 6.98. The molecule has 2 unspecified atom stereocenters. The van der Waals surface area contributed by atoms with Gasteiger partial charge in [0.1, 0.15) is 0 Å². The molecule has 0 saturated carbocycles. The largest absolute Gasteiger partial charge is 0.416 e. The van der Waals surface area contributed by atoms with Crippen molar-refractivity contribution in [2.45, 2.75) is 25.6 Å². The second-order valence-corrected chi connectivity index (χ2v) is 5.47. The number of nitrogens with one attached hydrogen (secondary N) is 1. The van der Waals surface area contributed by atoms with E-state index in [1.807, 2.05) is 14.0 Å². The van der Waals surface area contributed by atoms with E-state index >= 15 is 0 Å². The number of nitrogens with zero attached hydrogens (tertiary/aromatic N) is 1. The number of hydrogen-bond donors (Lipinski definition) is 1. The van der Waals surface area contributed by atoms with Crippen LogP contribution < -0.4 is 5.32 Å². The van der Waals surface area contributed by atoms with Crippen LogP contribution in [0.2, 0.25) is 0 Å². The summed E-state index contributed by atoms with van der Waals surface area (Å²) in [6.45, 7) is 4.50. The summed E-state index contributed by atoms with van der Waals surface area (Å²) in [6, 6.07) is 5.70. The monoisotopic (exact) mass is 286 g/mol. The van der Waals surface area contributed by atoms with Gasteiger partial charge in [-0.2, -0.15) is 13.2 Å². The van der Waals surface area contributed by atoms with Gasteiger partial charge in [0, 0.05) is 12.6 Å². The van der Waals surface area contributed by atoms with Crippen LogP contribution in [0.5, 0.6) is 0 Å². The zero-order valence-electron chi connectivity index (χ0n) is 11.9. The second-order valence-electron chi connectivity index (χ2n) is 5.47. The average Bonchev–Trinajstić information content (AvgIpc) is 2.86. The molecule has 0 aliphatic carbocycles. The molecule has 1 heterocycles. The molecule has 20 heavy (non-hydrogen) atoms. The average molecular weight is 286 g/mol. The van der Waals surface area contributed by atoms with E-state index in [2.05, 4.69) is 10.2 Å². The van der Waals surface area contributed by atoms with E-state index in [-0.39, 0.29) is 6.04 Å². The second kappa shape index (κ2) is 6.14. The van der Waals surface area contributed by atoms with Gasteiger partial charge >= 0.3 is 6.18 Å². The predicted molar refractivity (Wildman–Crippen MR) is 73.5 cm³/mol. The van der Waals surface area contributed by atoms with Crippen LogP contribution in [0.3, 0.4) is 0 Å². The van der Waals surface area contributed by atoms with Gasteiger partial charge in [0.25, 0.3) is 0 Å². The van der Waals surface area contributed by atoms with Gasteiger partial charge in [-0.3, -0.25) is 4.90 Å². The molecule has 2 atom stereocenters. The minimum Gasteiger partial charge on any atom is -0.319 e. The van der Waals surface area contributed by atoms with E-state index in [4.69, 9.17) is 0 Å². The van der Waals surface area contributed by atoms with Gasteiger partial charge in [0.2, 0.25) is 0 Å². The summed E-state index contributed by atoms with van der Waals surface area (Å²) < 4.78 is 39.2. The fourth-order valence-electron chi connectivity index (χ4n) is 2.99. The maximum Gasteiger partial charge on any atom is 0.416 e. The summed E-state index contributed by atoms with van der Waals surface area (Å²) in [5, 5.41) is 3.14. The van der Waals surface area contributed by atoms with Crippen molar-refractivity contribution in [1.82, 2.24) is 10.2 Å². The van der Waals surface area contributed by atoms with Crippen LogP contribution >= 0.6 is 0 Å².